The minimum absolute atomic E-state index is 0.0398. The smallest absolute Gasteiger partial charge is 0.419 e. The van der Waals surface area contributed by atoms with Gasteiger partial charge in [0.2, 0.25) is 0 Å². The van der Waals surface area contributed by atoms with E-state index in [0.29, 0.717) is 16.7 Å². The predicted octanol–water partition coefficient (Wildman–Crippen LogP) is 4.72. The number of halogens is 4. The lowest BCUT2D eigenvalue weighted by molar-refractivity contribution is -0.275. The number of aromatic nitrogens is 2. The molecule has 0 amide bonds. The van der Waals surface area contributed by atoms with Gasteiger partial charge in [0.05, 0.1) is 23.6 Å². The summed E-state index contributed by atoms with van der Waals surface area (Å²) in [6.07, 6.45) is -5.58. The number of anilines is 1. The number of nitrogens with one attached hydrogen (secondary N) is 1. The van der Waals surface area contributed by atoms with Crippen molar-refractivity contribution in [1.29, 1.82) is 0 Å². The quantitative estimate of drug-likeness (QED) is 0.566. The van der Waals surface area contributed by atoms with E-state index in [1.165, 1.54) is 20.2 Å². The average Bonchev–Trinajstić information content (AvgIpc) is 2.73. The van der Waals surface area contributed by atoms with E-state index in [2.05, 4.69) is 10.4 Å². The zero-order valence-corrected chi connectivity index (χ0v) is 19.2. The van der Waals surface area contributed by atoms with Gasteiger partial charge in [0.1, 0.15) is 5.75 Å². The number of fused-ring (bicyclic) bond motifs is 2. The number of nitrogens with zero attached hydrogens (tertiary/aromatic N) is 2. The molecule has 0 spiro atoms. The SMILES string of the molecule is COc1cc2c(cc1Cl)C(Nc1nn(C)c(=O)c3ccccc13)C(O)(C(F)(F)F)CC2(C)C. The Balaban J connectivity index is 2.00. The van der Waals surface area contributed by atoms with E-state index in [-0.39, 0.29) is 27.3 Å². The van der Waals surface area contributed by atoms with E-state index in [4.69, 9.17) is 16.3 Å². The third-order valence-electron chi connectivity index (χ3n) is 6.28. The molecule has 2 unspecified atom stereocenters. The molecule has 10 heteroatoms. The Morgan fingerprint density at radius 2 is 1.88 bits per heavy atom. The summed E-state index contributed by atoms with van der Waals surface area (Å²) in [5, 5.41) is 18.9. The number of hydrogen-bond donors (Lipinski definition) is 2. The second-order valence-electron chi connectivity index (χ2n) is 8.96. The minimum Gasteiger partial charge on any atom is -0.495 e. The first-order valence-corrected chi connectivity index (χ1v) is 10.6. The van der Waals surface area contributed by atoms with Crippen LogP contribution in [0.5, 0.6) is 5.75 Å². The van der Waals surface area contributed by atoms with Gasteiger partial charge in [-0.1, -0.05) is 43.6 Å². The summed E-state index contributed by atoms with van der Waals surface area (Å²) in [6.45, 7) is 3.26. The molecular weight excluding hydrogens is 459 g/mol. The minimum atomic E-state index is -4.97. The number of hydrogen-bond acceptors (Lipinski definition) is 5. The van der Waals surface area contributed by atoms with E-state index in [9.17, 15) is 23.1 Å². The van der Waals surface area contributed by atoms with E-state index >= 15 is 0 Å². The summed E-state index contributed by atoms with van der Waals surface area (Å²) in [5.41, 5.74) is -3.84. The van der Waals surface area contributed by atoms with Gasteiger partial charge in [-0.25, -0.2) is 4.68 Å². The van der Waals surface area contributed by atoms with E-state index in [1.54, 1.807) is 44.2 Å². The topological polar surface area (TPSA) is 76.4 Å². The molecule has 33 heavy (non-hydrogen) atoms. The molecule has 1 aliphatic rings. The molecule has 0 fully saturated rings. The molecule has 1 aromatic heterocycles. The van der Waals surface area contributed by atoms with Crippen molar-refractivity contribution in [3.8, 4) is 5.75 Å². The van der Waals surface area contributed by atoms with Crippen molar-refractivity contribution in [2.24, 2.45) is 7.05 Å². The summed E-state index contributed by atoms with van der Waals surface area (Å²) >= 11 is 6.29. The van der Waals surface area contributed by atoms with Crippen LogP contribution in [0.1, 0.15) is 37.4 Å². The van der Waals surface area contributed by atoms with Gasteiger partial charge >= 0.3 is 6.18 Å². The fourth-order valence-electron chi connectivity index (χ4n) is 4.68. The monoisotopic (exact) mass is 481 g/mol. The van der Waals surface area contributed by atoms with Crippen LogP contribution in [-0.4, -0.2) is 33.8 Å². The lowest BCUT2D eigenvalue weighted by Gasteiger charge is -2.49. The number of benzene rings is 2. The fourth-order valence-corrected chi connectivity index (χ4v) is 4.93. The largest absolute Gasteiger partial charge is 0.495 e. The molecule has 0 radical (unpaired) electrons. The lowest BCUT2D eigenvalue weighted by atomic mass is 9.63. The van der Waals surface area contributed by atoms with Crippen molar-refractivity contribution >= 4 is 28.2 Å². The van der Waals surface area contributed by atoms with Crippen LogP contribution in [0, 0.1) is 0 Å². The Labute approximate surface area is 192 Å². The number of aryl methyl sites for hydroxylation is 1. The van der Waals surface area contributed by atoms with Crippen LogP contribution in [0.4, 0.5) is 19.0 Å². The number of methoxy groups -OCH3 is 1. The highest BCUT2D eigenvalue weighted by Gasteiger charge is 2.64. The maximum absolute atomic E-state index is 14.4. The van der Waals surface area contributed by atoms with Gasteiger partial charge in [-0.2, -0.15) is 18.3 Å². The molecule has 2 atom stereocenters. The third-order valence-corrected chi connectivity index (χ3v) is 6.58. The molecule has 2 aromatic carbocycles. The molecule has 1 aliphatic carbocycles. The average molecular weight is 482 g/mol. The molecular formula is C23H23ClF3N3O3. The highest BCUT2D eigenvalue weighted by molar-refractivity contribution is 6.32. The van der Waals surface area contributed by atoms with E-state index < -0.39 is 29.7 Å². The third kappa shape index (κ3) is 3.63. The number of rotatable bonds is 3. The number of ether oxygens (including phenoxy) is 1. The summed E-state index contributed by atoms with van der Waals surface area (Å²) in [6, 6.07) is 7.82. The maximum Gasteiger partial charge on any atom is 0.419 e. The van der Waals surface area contributed by atoms with E-state index in [1.807, 2.05) is 0 Å². The van der Waals surface area contributed by atoms with Crippen molar-refractivity contribution in [3.63, 3.8) is 0 Å². The molecule has 4 rings (SSSR count). The second kappa shape index (κ2) is 7.63. The van der Waals surface area contributed by atoms with Crippen LogP contribution in [0.15, 0.2) is 41.2 Å². The van der Waals surface area contributed by atoms with Gasteiger partial charge in [0.15, 0.2) is 11.4 Å². The summed E-state index contributed by atoms with van der Waals surface area (Å²) in [4.78, 5) is 12.5. The van der Waals surface area contributed by atoms with Gasteiger partial charge in [-0.05, 0) is 41.2 Å². The van der Waals surface area contributed by atoms with Crippen LogP contribution in [0.3, 0.4) is 0 Å². The summed E-state index contributed by atoms with van der Waals surface area (Å²) in [7, 11) is 2.83. The predicted molar refractivity (Wildman–Crippen MR) is 120 cm³/mol. The van der Waals surface area contributed by atoms with Gasteiger partial charge in [0.25, 0.3) is 5.56 Å². The molecule has 3 aromatic rings. The molecule has 0 aliphatic heterocycles. The van der Waals surface area contributed by atoms with Crippen molar-refractivity contribution in [1.82, 2.24) is 9.78 Å². The van der Waals surface area contributed by atoms with Crippen LogP contribution in [0.25, 0.3) is 10.8 Å². The standard InChI is InChI=1S/C23H23ClF3N3O3/c1-21(2)11-22(32,23(25,26)27)18(14-9-16(24)17(33-4)10-15(14)21)28-19-12-7-5-6-8-13(12)20(31)30(3)29-19/h5-10,18,32H,11H2,1-4H3,(H,28,29). The fraction of sp³-hybridized carbons (Fsp3) is 0.391. The molecule has 1 heterocycles. The van der Waals surface area contributed by atoms with Gasteiger partial charge in [-0.3, -0.25) is 4.79 Å². The van der Waals surface area contributed by atoms with Crippen molar-refractivity contribution < 1.29 is 23.0 Å². The Bertz CT molecular complexity index is 1310. The zero-order chi connectivity index (χ0) is 24.3. The highest BCUT2D eigenvalue weighted by Crippen LogP contribution is 2.55. The number of aliphatic hydroxyl groups is 1. The molecule has 0 saturated heterocycles. The second-order valence-corrected chi connectivity index (χ2v) is 9.36. The Morgan fingerprint density at radius 3 is 2.48 bits per heavy atom. The van der Waals surface area contributed by atoms with Crippen LogP contribution in [0.2, 0.25) is 5.02 Å². The highest BCUT2D eigenvalue weighted by atomic mass is 35.5. The van der Waals surface area contributed by atoms with Crippen molar-refractivity contribution in [3.05, 3.63) is 62.9 Å². The zero-order valence-electron chi connectivity index (χ0n) is 18.4. The molecule has 176 valence electrons. The Kier molecular flexibility index (Phi) is 5.41. The summed E-state index contributed by atoms with van der Waals surface area (Å²) in [5.74, 6) is 0.364. The van der Waals surface area contributed by atoms with Crippen molar-refractivity contribution in [2.75, 3.05) is 12.4 Å². The van der Waals surface area contributed by atoms with Crippen LogP contribution < -0.4 is 15.6 Å². The van der Waals surface area contributed by atoms with Gasteiger partial charge in [0, 0.05) is 12.4 Å². The number of alkyl halides is 3. The molecule has 0 bridgehead atoms. The Hall–Kier alpha value is -2.78. The summed E-state index contributed by atoms with van der Waals surface area (Å²) < 4.78 is 49.5. The first kappa shape index (κ1) is 23.4. The first-order chi connectivity index (χ1) is 15.3. The lowest BCUT2D eigenvalue weighted by Crippen LogP contribution is -2.58. The molecule has 6 nitrogen and oxygen atoms in total. The normalized spacial score (nSPS) is 22.2. The maximum atomic E-state index is 14.4. The van der Waals surface area contributed by atoms with Gasteiger partial charge < -0.3 is 15.2 Å². The molecule has 2 N–H and O–H groups in total. The Morgan fingerprint density at radius 1 is 1.24 bits per heavy atom. The van der Waals surface area contributed by atoms with Crippen LogP contribution in [-0.2, 0) is 12.5 Å². The van der Waals surface area contributed by atoms with E-state index in [0.717, 1.165) is 4.68 Å². The molecule has 0 saturated carbocycles. The van der Waals surface area contributed by atoms with Crippen LogP contribution >= 0.6 is 11.6 Å². The van der Waals surface area contributed by atoms with Crippen molar-refractivity contribution in [2.45, 2.75) is 43.5 Å². The van der Waals surface area contributed by atoms with Gasteiger partial charge in [-0.15, -0.1) is 0 Å². The first-order valence-electron chi connectivity index (χ1n) is 10.2.